The van der Waals surface area contributed by atoms with Gasteiger partial charge in [0.2, 0.25) is 0 Å². The maximum absolute atomic E-state index is 6.13. The molecule has 2 N–H and O–H groups in total. The lowest BCUT2D eigenvalue weighted by Crippen LogP contribution is -2.40. The summed E-state index contributed by atoms with van der Waals surface area (Å²) in [5.74, 6) is 0. The van der Waals surface area contributed by atoms with E-state index in [0.29, 0.717) is 18.6 Å². The first-order chi connectivity index (χ1) is 9.54. The van der Waals surface area contributed by atoms with Crippen LogP contribution in [-0.2, 0) is 0 Å². The lowest BCUT2D eigenvalue weighted by molar-refractivity contribution is 0.140. The van der Waals surface area contributed by atoms with Gasteiger partial charge in [-0.25, -0.2) is 0 Å². The molecule has 1 saturated carbocycles. The molecule has 1 unspecified atom stereocenters. The van der Waals surface area contributed by atoms with Gasteiger partial charge in [0, 0.05) is 18.6 Å². The molecule has 0 heterocycles. The Morgan fingerprint density at radius 3 is 2.25 bits per heavy atom. The van der Waals surface area contributed by atoms with Crippen LogP contribution in [0.5, 0.6) is 0 Å². The summed E-state index contributed by atoms with van der Waals surface area (Å²) in [6.07, 6.45) is 6.81. The Morgan fingerprint density at radius 2 is 1.65 bits per heavy atom. The summed E-state index contributed by atoms with van der Waals surface area (Å²) < 4.78 is 0. The Hall–Kier alpha value is -0.860. The highest BCUT2D eigenvalue weighted by atomic mass is 15.2. The van der Waals surface area contributed by atoms with E-state index in [-0.39, 0.29) is 0 Å². The van der Waals surface area contributed by atoms with E-state index in [1.807, 2.05) is 0 Å². The van der Waals surface area contributed by atoms with Crippen LogP contribution in [0.3, 0.4) is 0 Å². The number of benzene rings is 1. The van der Waals surface area contributed by atoms with Crippen molar-refractivity contribution >= 4 is 0 Å². The lowest BCUT2D eigenvalue weighted by atomic mass is 9.90. The fraction of sp³-hybridized carbons (Fsp3) is 0.667. The summed E-state index contributed by atoms with van der Waals surface area (Å²) in [4.78, 5) is 2.54. The SMILES string of the molecule is Cc1cc(C)c(C(CN)N(C)C2CCCCC2)cc1C. The number of nitrogens with two attached hydrogens (primary N) is 1. The molecule has 1 aliphatic rings. The van der Waals surface area contributed by atoms with Gasteiger partial charge in [0.15, 0.2) is 0 Å². The number of likely N-dealkylation sites (N-methyl/N-ethyl adjacent to an activating group) is 1. The van der Waals surface area contributed by atoms with Crippen LogP contribution >= 0.6 is 0 Å². The van der Waals surface area contributed by atoms with Gasteiger partial charge in [-0.1, -0.05) is 31.4 Å². The smallest absolute Gasteiger partial charge is 0.0473 e. The standard InChI is InChI=1S/C18H30N2/c1-13-10-15(3)17(11-14(13)2)18(12-19)20(4)16-8-6-5-7-9-16/h10-11,16,18H,5-9,12,19H2,1-4H3. The van der Waals surface area contributed by atoms with Crippen molar-refractivity contribution in [1.82, 2.24) is 4.90 Å². The van der Waals surface area contributed by atoms with Crippen LogP contribution in [0.15, 0.2) is 12.1 Å². The summed E-state index contributed by atoms with van der Waals surface area (Å²) >= 11 is 0. The van der Waals surface area contributed by atoms with Gasteiger partial charge in [-0.2, -0.15) is 0 Å². The van der Waals surface area contributed by atoms with Crippen LogP contribution in [0.2, 0.25) is 0 Å². The molecule has 0 spiro atoms. The monoisotopic (exact) mass is 274 g/mol. The van der Waals surface area contributed by atoms with Crippen LogP contribution < -0.4 is 5.73 Å². The molecule has 1 fully saturated rings. The summed E-state index contributed by atoms with van der Waals surface area (Å²) in [5.41, 5.74) is 11.7. The molecular weight excluding hydrogens is 244 g/mol. The zero-order chi connectivity index (χ0) is 14.7. The van der Waals surface area contributed by atoms with Crippen molar-refractivity contribution in [3.63, 3.8) is 0 Å². The van der Waals surface area contributed by atoms with E-state index in [1.165, 1.54) is 54.4 Å². The molecule has 2 rings (SSSR count). The molecule has 0 aromatic heterocycles. The van der Waals surface area contributed by atoms with Crippen molar-refractivity contribution in [2.75, 3.05) is 13.6 Å². The second-order valence-electron chi connectivity index (χ2n) is 6.50. The first-order valence-electron chi connectivity index (χ1n) is 8.04. The lowest BCUT2D eigenvalue weighted by Gasteiger charge is -2.37. The Bertz CT molecular complexity index is 447. The predicted molar refractivity (Wildman–Crippen MR) is 87.1 cm³/mol. The number of rotatable bonds is 4. The second-order valence-corrected chi connectivity index (χ2v) is 6.50. The average molecular weight is 274 g/mol. The van der Waals surface area contributed by atoms with Crippen LogP contribution in [0.1, 0.15) is 60.4 Å². The highest BCUT2D eigenvalue weighted by molar-refractivity contribution is 5.38. The Kier molecular flexibility index (Phi) is 5.22. The highest BCUT2D eigenvalue weighted by Crippen LogP contribution is 2.31. The van der Waals surface area contributed by atoms with Crippen molar-refractivity contribution in [2.45, 2.75) is 65.0 Å². The number of hydrogen-bond acceptors (Lipinski definition) is 2. The third-order valence-corrected chi connectivity index (χ3v) is 5.11. The zero-order valence-corrected chi connectivity index (χ0v) is 13.6. The van der Waals surface area contributed by atoms with E-state index < -0.39 is 0 Å². The molecule has 0 aliphatic heterocycles. The fourth-order valence-corrected chi connectivity index (χ4v) is 3.60. The van der Waals surface area contributed by atoms with Crippen LogP contribution in [0, 0.1) is 20.8 Å². The summed E-state index contributed by atoms with van der Waals surface area (Å²) in [7, 11) is 2.27. The van der Waals surface area contributed by atoms with E-state index in [2.05, 4.69) is 44.9 Å². The van der Waals surface area contributed by atoms with Gasteiger partial charge in [-0.3, -0.25) is 4.90 Å². The molecule has 1 aromatic carbocycles. The van der Waals surface area contributed by atoms with Gasteiger partial charge >= 0.3 is 0 Å². The normalized spacial score (nSPS) is 18.5. The molecule has 112 valence electrons. The molecule has 0 radical (unpaired) electrons. The number of aryl methyl sites for hydroxylation is 3. The van der Waals surface area contributed by atoms with Gasteiger partial charge < -0.3 is 5.73 Å². The predicted octanol–water partition coefficient (Wildman–Crippen LogP) is 3.88. The van der Waals surface area contributed by atoms with E-state index >= 15 is 0 Å². The maximum atomic E-state index is 6.13. The van der Waals surface area contributed by atoms with E-state index in [1.54, 1.807) is 0 Å². The summed E-state index contributed by atoms with van der Waals surface area (Å²) in [6.45, 7) is 7.32. The van der Waals surface area contributed by atoms with Crippen LogP contribution in [-0.4, -0.2) is 24.5 Å². The fourth-order valence-electron chi connectivity index (χ4n) is 3.60. The molecule has 2 nitrogen and oxygen atoms in total. The summed E-state index contributed by atoms with van der Waals surface area (Å²) in [5, 5.41) is 0. The van der Waals surface area contributed by atoms with Crippen LogP contribution in [0.4, 0.5) is 0 Å². The maximum Gasteiger partial charge on any atom is 0.0473 e. The van der Waals surface area contributed by atoms with E-state index in [4.69, 9.17) is 5.73 Å². The van der Waals surface area contributed by atoms with Crippen molar-refractivity contribution in [1.29, 1.82) is 0 Å². The zero-order valence-electron chi connectivity index (χ0n) is 13.6. The van der Waals surface area contributed by atoms with Crippen LogP contribution in [0.25, 0.3) is 0 Å². The Labute approximate surface area is 124 Å². The molecule has 20 heavy (non-hydrogen) atoms. The Morgan fingerprint density at radius 1 is 1.05 bits per heavy atom. The molecule has 2 heteroatoms. The van der Waals surface area contributed by atoms with Gasteiger partial charge in [-0.05, 0) is 62.9 Å². The topological polar surface area (TPSA) is 29.3 Å². The molecule has 0 amide bonds. The largest absolute Gasteiger partial charge is 0.329 e. The quantitative estimate of drug-likeness (QED) is 0.903. The molecular formula is C18H30N2. The highest BCUT2D eigenvalue weighted by Gasteiger charge is 2.25. The molecule has 1 aliphatic carbocycles. The number of hydrogen-bond donors (Lipinski definition) is 1. The minimum atomic E-state index is 0.359. The minimum Gasteiger partial charge on any atom is -0.329 e. The molecule has 0 saturated heterocycles. The summed E-state index contributed by atoms with van der Waals surface area (Å²) in [6, 6.07) is 5.72. The first-order valence-corrected chi connectivity index (χ1v) is 8.04. The first kappa shape index (κ1) is 15.5. The van der Waals surface area contributed by atoms with Gasteiger partial charge in [0.05, 0.1) is 0 Å². The van der Waals surface area contributed by atoms with Gasteiger partial charge in [-0.15, -0.1) is 0 Å². The van der Waals surface area contributed by atoms with Crippen molar-refractivity contribution in [3.8, 4) is 0 Å². The minimum absolute atomic E-state index is 0.359. The third-order valence-electron chi connectivity index (χ3n) is 5.11. The van der Waals surface area contributed by atoms with E-state index in [0.717, 1.165) is 0 Å². The van der Waals surface area contributed by atoms with E-state index in [9.17, 15) is 0 Å². The van der Waals surface area contributed by atoms with Crippen molar-refractivity contribution in [3.05, 3.63) is 34.4 Å². The molecule has 0 bridgehead atoms. The number of nitrogens with zero attached hydrogens (tertiary/aromatic N) is 1. The average Bonchev–Trinajstić information content (AvgIpc) is 2.46. The van der Waals surface area contributed by atoms with Gasteiger partial charge in [0.1, 0.15) is 0 Å². The van der Waals surface area contributed by atoms with Gasteiger partial charge in [0.25, 0.3) is 0 Å². The van der Waals surface area contributed by atoms with Crippen molar-refractivity contribution in [2.24, 2.45) is 5.73 Å². The molecule has 1 aromatic rings. The van der Waals surface area contributed by atoms with Crippen molar-refractivity contribution < 1.29 is 0 Å². The Balaban J connectivity index is 2.24. The molecule has 1 atom stereocenters. The third kappa shape index (κ3) is 3.24. The second kappa shape index (κ2) is 6.73.